The molecule has 134 valence electrons. The Bertz CT molecular complexity index is 1090. The van der Waals surface area contributed by atoms with Gasteiger partial charge in [-0.25, -0.2) is 4.68 Å². The summed E-state index contributed by atoms with van der Waals surface area (Å²) in [5.41, 5.74) is 3.33. The first kappa shape index (κ1) is 17.0. The monoisotopic (exact) mass is 355 g/mol. The van der Waals surface area contributed by atoms with E-state index < -0.39 is 0 Å². The van der Waals surface area contributed by atoms with Crippen LogP contribution in [-0.2, 0) is 0 Å². The summed E-state index contributed by atoms with van der Waals surface area (Å²) in [5, 5.41) is 6.64. The van der Waals surface area contributed by atoms with Crippen LogP contribution >= 0.6 is 0 Å². The maximum atomic E-state index is 13.4. The standard InChI is InChI=1S/C23H21N3O/c1-3-25(22-15-9-11-18-10-7-8-14-20(18)22)23(27)21-16-24-26(17(21)2)19-12-5-4-6-13-19/h4-16H,3H2,1-2H3. The summed E-state index contributed by atoms with van der Waals surface area (Å²) in [5.74, 6) is -0.0338. The molecule has 1 aromatic heterocycles. The molecule has 0 saturated heterocycles. The highest BCUT2D eigenvalue weighted by Gasteiger charge is 2.22. The molecule has 0 aliphatic rings. The van der Waals surface area contributed by atoms with E-state index in [1.54, 1.807) is 6.20 Å². The van der Waals surface area contributed by atoms with Crippen LogP contribution < -0.4 is 4.90 Å². The van der Waals surface area contributed by atoms with Gasteiger partial charge in [0, 0.05) is 11.9 Å². The molecule has 4 rings (SSSR count). The topological polar surface area (TPSA) is 38.1 Å². The fourth-order valence-electron chi connectivity index (χ4n) is 3.46. The highest BCUT2D eigenvalue weighted by Crippen LogP contribution is 2.28. The van der Waals surface area contributed by atoms with Crippen LogP contribution in [0.4, 0.5) is 5.69 Å². The van der Waals surface area contributed by atoms with Crippen LogP contribution in [0.5, 0.6) is 0 Å². The third-order valence-corrected chi connectivity index (χ3v) is 4.86. The second-order valence-corrected chi connectivity index (χ2v) is 6.44. The van der Waals surface area contributed by atoms with E-state index in [1.165, 1.54) is 0 Å². The number of amides is 1. The van der Waals surface area contributed by atoms with Crippen molar-refractivity contribution in [3.05, 3.63) is 90.3 Å². The summed E-state index contributed by atoms with van der Waals surface area (Å²) in [6.07, 6.45) is 1.67. The maximum Gasteiger partial charge on any atom is 0.261 e. The Morgan fingerprint density at radius 3 is 2.44 bits per heavy atom. The van der Waals surface area contributed by atoms with Gasteiger partial charge in [-0.1, -0.05) is 54.6 Å². The molecule has 3 aromatic carbocycles. The molecular formula is C23H21N3O. The average Bonchev–Trinajstić information content (AvgIpc) is 3.10. The fraction of sp³-hybridized carbons (Fsp3) is 0.130. The Morgan fingerprint density at radius 1 is 0.963 bits per heavy atom. The van der Waals surface area contributed by atoms with Gasteiger partial charge in [-0.2, -0.15) is 5.10 Å². The van der Waals surface area contributed by atoms with Gasteiger partial charge in [0.15, 0.2) is 0 Å². The highest BCUT2D eigenvalue weighted by atomic mass is 16.2. The molecule has 0 N–H and O–H groups in total. The van der Waals surface area contributed by atoms with Crippen LogP contribution in [0.1, 0.15) is 23.0 Å². The van der Waals surface area contributed by atoms with E-state index in [-0.39, 0.29) is 5.91 Å². The molecule has 4 aromatic rings. The number of nitrogens with zero attached hydrogens (tertiary/aromatic N) is 3. The van der Waals surface area contributed by atoms with E-state index in [0.29, 0.717) is 12.1 Å². The first-order valence-corrected chi connectivity index (χ1v) is 9.10. The predicted octanol–water partition coefficient (Wildman–Crippen LogP) is 5.00. The van der Waals surface area contributed by atoms with Gasteiger partial charge in [0.25, 0.3) is 5.91 Å². The quantitative estimate of drug-likeness (QED) is 0.517. The lowest BCUT2D eigenvalue weighted by Gasteiger charge is -2.22. The number of carbonyl (C=O) groups excluding carboxylic acids is 1. The summed E-state index contributed by atoms with van der Waals surface area (Å²) >= 11 is 0. The molecule has 0 spiro atoms. The average molecular weight is 355 g/mol. The first-order chi connectivity index (χ1) is 13.2. The number of rotatable bonds is 4. The van der Waals surface area contributed by atoms with Gasteiger partial charge in [-0.05, 0) is 37.4 Å². The van der Waals surface area contributed by atoms with E-state index in [9.17, 15) is 4.79 Å². The van der Waals surface area contributed by atoms with Gasteiger partial charge in [-0.3, -0.25) is 4.79 Å². The normalized spacial score (nSPS) is 10.9. The Morgan fingerprint density at radius 2 is 1.67 bits per heavy atom. The van der Waals surface area contributed by atoms with Gasteiger partial charge >= 0.3 is 0 Å². The minimum absolute atomic E-state index is 0.0338. The molecule has 0 radical (unpaired) electrons. The lowest BCUT2D eigenvalue weighted by Crippen LogP contribution is -2.31. The second-order valence-electron chi connectivity index (χ2n) is 6.44. The zero-order valence-corrected chi connectivity index (χ0v) is 15.5. The van der Waals surface area contributed by atoms with Crippen molar-refractivity contribution in [3.8, 4) is 5.69 Å². The Labute approximate surface area is 158 Å². The first-order valence-electron chi connectivity index (χ1n) is 9.10. The van der Waals surface area contributed by atoms with Gasteiger partial charge in [0.1, 0.15) is 0 Å². The van der Waals surface area contributed by atoms with Crippen molar-refractivity contribution in [2.24, 2.45) is 0 Å². The SMILES string of the molecule is CCN(C(=O)c1cnn(-c2ccccc2)c1C)c1cccc2ccccc12. The zero-order valence-electron chi connectivity index (χ0n) is 15.5. The Balaban J connectivity index is 1.76. The van der Waals surface area contributed by atoms with E-state index in [1.807, 2.05) is 78.0 Å². The smallest absolute Gasteiger partial charge is 0.261 e. The van der Waals surface area contributed by atoms with Crippen molar-refractivity contribution in [3.63, 3.8) is 0 Å². The molecule has 1 heterocycles. The number of carbonyl (C=O) groups is 1. The molecule has 27 heavy (non-hydrogen) atoms. The zero-order chi connectivity index (χ0) is 18.8. The largest absolute Gasteiger partial charge is 0.308 e. The highest BCUT2D eigenvalue weighted by molar-refractivity contribution is 6.11. The molecule has 0 fully saturated rings. The number of anilines is 1. The minimum atomic E-state index is -0.0338. The van der Waals surface area contributed by atoms with E-state index in [0.717, 1.165) is 27.8 Å². The molecule has 0 saturated carbocycles. The van der Waals surface area contributed by atoms with E-state index in [4.69, 9.17) is 0 Å². The third kappa shape index (κ3) is 2.99. The number of fused-ring (bicyclic) bond motifs is 1. The minimum Gasteiger partial charge on any atom is -0.308 e. The van der Waals surface area contributed by atoms with Crippen LogP contribution in [0.3, 0.4) is 0 Å². The molecule has 0 unspecified atom stereocenters. The Kier molecular flexibility index (Phi) is 4.47. The molecule has 0 atom stereocenters. The summed E-state index contributed by atoms with van der Waals surface area (Å²) in [4.78, 5) is 15.2. The molecular weight excluding hydrogens is 334 g/mol. The summed E-state index contributed by atoms with van der Waals surface area (Å²) in [7, 11) is 0. The number of para-hydroxylation sites is 1. The van der Waals surface area contributed by atoms with Crippen molar-refractivity contribution in [1.29, 1.82) is 0 Å². The number of hydrogen-bond acceptors (Lipinski definition) is 2. The predicted molar refractivity (Wildman–Crippen MR) is 110 cm³/mol. The molecule has 4 heteroatoms. The van der Waals surface area contributed by atoms with Gasteiger partial charge in [0.05, 0.1) is 28.8 Å². The van der Waals surface area contributed by atoms with Crippen molar-refractivity contribution in [1.82, 2.24) is 9.78 Å². The van der Waals surface area contributed by atoms with Crippen molar-refractivity contribution < 1.29 is 4.79 Å². The summed E-state index contributed by atoms with van der Waals surface area (Å²) < 4.78 is 1.81. The number of aromatic nitrogens is 2. The fourth-order valence-corrected chi connectivity index (χ4v) is 3.46. The summed E-state index contributed by atoms with van der Waals surface area (Å²) in [6.45, 7) is 4.52. The second kappa shape index (κ2) is 7.08. The van der Waals surface area contributed by atoms with Crippen LogP contribution in [0.25, 0.3) is 16.5 Å². The third-order valence-electron chi connectivity index (χ3n) is 4.86. The van der Waals surface area contributed by atoms with E-state index in [2.05, 4.69) is 23.3 Å². The van der Waals surface area contributed by atoms with E-state index >= 15 is 0 Å². The number of benzene rings is 3. The maximum absolute atomic E-state index is 13.4. The summed E-state index contributed by atoms with van der Waals surface area (Å²) in [6, 6.07) is 24.1. The van der Waals surface area contributed by atoms with Crippen LogP contribution in [0.15, 0.2) is 79.0 Å². The molecule has 4 nitrogen and oxygen atoms in total. The molecule has 0 bridgehead atoms. The lowest BCUT2D eigenvalue weighted by atomic mass is 10.1. The van der Waals surface area contributed by atoms with Gasteiger partial charge in [-0.15, -0.1) is 0 Å². The molecule has 0 aliphatic carbocycles. The van der Waals surface area contributed by atoms with Crippen LogP contribution in [0.2, 0.25) is 0 Å². The lowest BCUT2D eigenvalue weighted by molar-refractivity contribution is 0.0988. The van der Waals surface area contributed by atoms with Crippen LogP contribution in [0, 0.1) is 6.92 Å². The Hall–Kier alpha value is -3.40. The molecule has 1 amide bonds. The van der Waals surface area contributed by atoms with Gasteiger partial charge in [0.2, 0.25) is 0 Å². The van der Waals surface area contributed by atoms with Crippen molar-refractivity contribution >= 4 is 22.4 Å². The number of hydrogen-bond donors (Lipinski definition) is 0. The van der Waals surface area contributed by atoms with Gasteiger partial charge < -0.3 is 4.90 Å². The van der Waals surface area contributed by atoms with Crippen LogP contribution in [-0.4, -0.2) is 22.2 Å². The van der Waals surface area contributed by atoms with Crippen molar-refractivity contribution in [2.75, 3.05) is 11.4 Å². The van der Waals surface area contributed by atoms with Crippen molar-refractivity contribution in [2.45, 2.75) is 13.8 Å². The molecule has 0 aliphatic heterocycles.